The molecule has 0 bridgehead atoms. The SMILES string of the molecule is CCC1CCCCN1S(=O)(=O)Cc1ccc(N)cc1. The number of anilines is 1. The lowest BCUT2D eigenvalue weighted by Gasteiger charge is -2.34. The van der Waals surface area contributed by atoms with E-state index in [2.05, 4.69) is 6.92 Å². The van der Waals surface area contributed by atoms with Crippen molar-refractivity contribution in [3.63, 3.8) is 0 Å². The van der Waals surface area contributed by atoms with Crippen molar-refractivity contribution in [1.29, 1.82) is 0 Å². The number of piperidine rings is 1. The second kappa shape index (κ2) is 5.92. The van der Waals surface area contributed by atoms with Gasteiger partial charge in [0.05, 0.1) is 5.75 Å². The minimum Gasteiger partial charge on any atom is -0.399 e. The van der Waals surface area contributed by atoms with E-state index >= 15 is 0 Å². The Morgan fingerprint density at radius 2 is 1.95 bits per heavy atom. The van der Waals surface area contributed by atoms with E-state index in [1.165, 1.54) is 0 Å². The van der Waals surface area contributed by atoms with Crippen molar-refractivity contribution >= 4 is 15.7 Å². The minimum absolute atomic E-state index is 0.0732. The van der Waals surface area contributed by atoms with Crippen LogP contribution < -0.4 is 5.73 Å². The Hall–Kier alpha value is -1.07. The van der Waals surface area contributed by atoms with Gasteiger partial charge in [-0.05, 0) is 37.0 Å². The summed E-state index contributed by atoms with van der Waals surface area (Å²) in [5.41, 5.74) is 7.08. The van der Waals surface area contributed by atoms with Crippen molar-refractivity contribution < 1.29 is 8.42 Å². The van der Waals surface area contributed by atoms with Gasteiger partial charge in [0.15, 0.2) is 0 Å². The smallest absolute Gasteiger partial charge is 0.218 e. The van der Waals surface area contributed by atoms with E-state index in [0.717, 1.165) is 31.2 Å². The average molecular weight is 282 g/mol. The summed E-state index contributed by atoms with van der Waals surface area (Å²) < 4.78 is 26.7. The molecular weight excluding hydrogens is 260 g/mol. The first-order valence-electron chi connectivity index (χ1n) is 6.87. The number of hydrogen-bond donors (Lipinski definition) is 1. The van der Waals surface area contributed by atoms with Crippen LogP contribution >= 0.6 is 0 Å². The molecule has 1 aromatic rings. The van der Waals surface area contributed by atoms with E-state index in [9.17, 15) is 8.42 Å². The first-order valence-corrected chi connectivity index (χ1v) is 8.48. The monoisotopic (exact) mass is 282 g/mol. The van der Waals surface area contributed by atoms with E-state index in [1.807, 2.05) is 0 Å². The molecule has 1 aromatic carbocycles. The number of nitrogens with zero attached hydrogens (tertiary/aromatic N) is 1. The maximum Gasteiger partial charge on any atom is 0.218 e. The minimum atomic E-state index is -3.22. The van der Waals surface area contributed by atoms with E-state index in [0.29, 0.717) is 12.2 Å². The Labute approximate surface area is 115 Å². The Bertz CT molecular complexity index is 511. The van der Waals surface area contributed by atoms with Gasteiger partial charge in [-0.3, -0.25) is 0 Å². The number of nitrogen functional groups attached to an aromatic ring is 1. The molecule has 19 heavy (non-hydrogen) atoms. The maximum absolute atomic E-state index is 12.5. The van der Waals surface area contributed by atoms with Crippen molar-refractivity contribution in [2.75, 3.05) is 12.3 Å². The summed E-state index contributed by atoms with van der Waals surface area (Å²) in [6, 6.07) is 7.25. The van der Waals surface area contributed by atoms with E-state index in [-0.39, 0.29) is 11.8 Å². The van der Waals surface area contributed by atoms with Gasteiger partial charge >= 0.3 is 0 Å². The van der Waals surface area contributed by atoms with Gasteiger partial charge in [0.25, 0.3) is 0 Å². The molecule has 106 valence electrons. The molecule has 1 aliphatic rings. The van der Waals surface area contributed by atoms with Crippen molar-refractivity contribution in [3.05, 3.63) is 29.8 Å². The molecule has 0 amide bonds. The number of rotatable bonds is 4. The summed E-state index contributed by atoms with van der Waals surface area (Å²) in [5, 5.41) is 0. The van der Waals surface area contributed by atoms with E-state index in [4.69, 9.17) is 5.73 Å². The molecule has 0 saturated carbocycles. The Balaban J connectivity index is 2.14. The Morgan fingerprint density at radius 1 is 1.26 bits per heavy atom. The molecule has 2 N–H and O–H groups in total. The molecule has 1 unspecified atom stereocenters. The van der Waals surface area contributed by atoms with Crippen LogP contribution in [-0.2, 0) is 15.8 Å². The van der Waals surface area contributed by atoms with Crippen LogP contribution in [-0.4, -0.2) is 25.3 Å². The van der Waals surface area contributed by atoms with Crippen LogP contribution in [0.3, 0.4) is 0 Å². The zero-order valence-corrected chi connectivity index (χ0v) is 12.2. The molecular formula is C14H22N2O2S. The van der Waals surface area contributed by atoms with Crippen molar-refractivity contribution in [2.45, 2.75) is 44.4 Å². The summed E-state index contributed by atoms with van der Waals surface area (Å²) in [4.78, 5) is 0. The van der Waals surface area contributed by atoms with Crippen LogP contribution in [0.15, 0.2) is 24.3 Å². The van der Waals surface area contributed by atoms with Crippen molar-refractivity contribution in [3.8, 4) is 0 Å². The quantitative estimate of drug-likeness (QED) is 0.862. The highest BCUT2D eigenvalue weighted by molar-refractivity contribution is 7.88. The van der Waals surface area contributed by atoms with Crippen molar-refractivity contribution in [1.82, 2.24) is 4.31 Å². The lowest BCUT2D eigenvalue weighted by atomic mass is 10.0. The zero-order chi connectivity index (χ0) is 13.9. The van der Waals surface area contributed by atoms with Gasteiger partial charge in [-0.15, -0.1) is 0 Å². The lowest BCUT2D eigenvalue weighted by Crippen LogP contribution is -2.43. The fourth-order valence-electron chi connectivity index (χ4n) is 2.66. The number of benzene rings is 1. The molecule has 2 rings (SSSR count). The summed E-state index contributed by atoms with van der Waals surface area (Å²) >= 11 is 0. The van der Waals surface area contributed by atoms with Gasteiger partial charge in [0.1, 0.15) is 0 Å². The summed E-state index contributed by atoms with van der Waals surface area (Å²) in [5.74, 6) is 0.0732. The number of nitrogens with two attached hydrogens (primary N) is 1. The van der Waals surface area contributed by atoms with Gasteiger partial charge in [-0.25, -0.2) is 8.42 Å². The van der Waals surface area contributed by atoms with Crippen LogP contribution in [0, 0.1) is 0 Å². The highest BCUT2D eigenvalue weighted by Crippen LogP contribution is 2.24. The third-order valence-corrected chi connectivity index (χ3v) is 5.62. The van der Waals surface area contributed by atoms with Crippen LogP contribution in [0.1, 0.15) is 38.2 Å². The summed E-state index contributed by atoms with van der Waals surface area (Å²) in [7, 11) is -3.22. The predicted octanol–water partition coefficient (Wildman–Crippen LogP) is 2.36. The second-order valence-electron chi connectivity index (χ2n) is 5.17. The zero-order valence-electron chi connectivity index (χ0n) is 11.4. The molecule has 1 saturated heterocycles. The molecule has 0 radical (unpaired) electrons. The fraction of sp³-hybridized carbons (Fsp3) is 0.571. The normalized spacial score (nSPS) is 21.4. The molecule has 0 spiro atoms. The molecule has 1 fully saturated rings. The van der Waals surface area contributed by atoms with Crippen LogP contribution in [0.2, 0.25) is 0 Å². The summed E-state index contributed by atoms with van der Waals surface area (Å²) in [6.07, 6.45) is 3.97. The van der Waals surface area contributed by atoms with Gasteiger partial charge in [-0.1, -0.05) is 25.5 Å². The number of sulfonamides is 1. The molecule has 1 aliphatic heterocycles. The summed E-state index contributed by atoms with van der Waals surface area (Å²) in [6.45, 7) is 2.72. The van der Waals surface area contributed by atoms with E-state index in [1.54, 1.807) is 28.6 Å². The molecule has 5 heteroatoms. The topological polar surface area (TPSA) is 63.4 Å². The molecule has 0 aliphatic carbocycles. The lowest BCUT2D eigenvalue weighted by molar-refractivity contribution is 0.246. The van der Waals surface area contributed by atoms with Crippen LogP contribution in [0.25, 0.3) is 0 Å². The van der Waals surface area contributed by atoms with Gasteiger partial charge in [0.2, 0.25) is 10.0 Å². The van der Waals surface area contributed by atoms with Gasteiger partial charge in [-0.2, -0.15) is 4.31 Å². The van der Waals surface area contributed by atoms with E-state index < -0.39 is 10.0 Å². The first kappa shape index (κ1) is 14.3. The Morgan fingerprint density at radius 3 is 2.58 bits per heavy atom. The fourth-order valence-corrected chi connectivity index (χ4v) is 4.55. The van der Waals surface area contributed by atoms with Crippen molar-refractivity contribution in [2.24, 2.45) is 0 Å². The second-order valence-corrected chi connectivity index (χ2v) is 7.09. The highest BCUT2D eigenvalue weighted by Gasteiger charge is 2.30. The average Bonchev–Trinajstić information content (AvgIpc) is 2.41. The standard InChI is InChI=1S/C14H22N2O2S/c1-2-14-5-3-4-10-16(14)19(17,18)11-12-6-8-13(15)9-7-12/h6-9,14H,2-5,10-11,15H2,1H3. The largest absolute Gasteiger partial charge is 0.399 e. The molecule has 1 atom stereocenters. The predicted molar refractivity (Wildman–Crippen MR) is 78.1 cm³/mol. The maximum atomic E-state index is 12.5. The third kappa shape index (κ3) is 3.48. The van der Waals surface area contributed by atoms with Gasteiger partial charge < -0.3 is 5.73 Å². The molecule has 1 heterocycles. The molecule has 0 aromatic heterocycles. The number of hydrogen-bond acceptors (Lipinski definition) is 3. The highest BCUT2D eigenvalue weighted by atomic mass is 32.2. The van der Waals surface area contributed by atoms with Crippen LogP contribution in [0.5, 0.6) is 0 Å². The van der Waals surface area contributed by atoms with Gasteiger partial charge in [0, 0.05) is 18.3 Å². The third-order valence-electron chi connectivity index (χ3n) is 3.73. The molecule has 4 nitrogen and oxygen atoms in total. The Kier molecular flexibility index (Phi) is 4.47. The first-order chi connectivity index (χ1) is 9.03. The van der Waals surface area contributed by atoms with Crippen LogP contribution in [0.4, 0.5) is 5.69 Å².